The van der Waals surface area contributed by atoms with Crippen LogP contribution in [0.1, 0.15) is 50.8 Å². The van der Waals surface area contributed by atoms with Gasteiger partial charge in [0, 0.05) is 22.3 Å². The van der Waals surface area contributed by atoms with Gasteiger partial charge in [-0.3, -0.25) is 9.59 Å². The average molecular weight is 506 g/mol. The summed E-state index contributed by atoms with van der Waals surface area (Å²) in [4.78, 5) is 28.1. The highest BCUT2D eigenvalue weighted by atomic mass is 79.9. The molecule has 0 radical (unpaired) electrons. The van der Waals surface area contributed by atoms with E-state index in [4.69, 9.17) is 0 Å². The van der Waals surface area contributed by atoms with Crippen LogP contribution in [0.25, 0.3) is 0 Å². The maximum atomic E-state index is 13.3. The van der Waals surface area contributed by atoms with Crippen LogP contribution in [0.5, 0.6) is 0 Å². The van der Waals surface area contributed by atoms with Gasteiger partial charge in [-0.05, 0) is 62.9 Å². The number of nitrogens with one attached hydrogen (secondary N) is 1. The lowest BCUT2D eigenvalue weighted by atomic mass is 10.0. The van der Waals surface area contributed by atoms with Crippen LogP contribution in [0, 0.1) is 6.92 Å². The number of thioether (sulfide) groups is 1. The molecule has 0 unspecified atom stereocenters. The Morgan fingerprint density at radius 3 is 2.32 bits per heavy atom. The Labute approximate surface area is 199 Å². The predicted octanol–water partition coefficient (Wildman–Crippen LogP) is 5.71. The summed E-state index contributed by atoms with van der Waals surface area (Å²) in [6.07, 6.45) is 0.566. The molecule has 1 atom stereocenters. The predicted molar refractivity (Wildman–Crippen MR) is 134 cm³/mol. The van der Waals surface area contributed by atoms with Gasteiger partial charge in [0.2, 0.25) is 11.8 Å². The third kappa shape index (κ3) is 8.34. The number of carbonyl (C=O) groups is 2. The molecule has 0 saturated carbocycles. The van der Waals surface area contributed by atoms with E-state index in [1.54, 1.807) is 16.7 Å². The van der Waals surface area contributed by atoms with Crippen LogP contribution >= 0.6 is 27.7 Å². The molecule has 2 aromatic carbocycles. The average Bonchev–Trinajstić information content (AvgIpc) is 2.69. The molecule has 4 nitrogen and oxygen atoms in total. The zero-order chi connectivity index (χ0) is 23.0. The van der Waals surface area contributed by atoms with Crippen LogP contribution in [0.4, 0.5) is 0 Å². The van der Waals surface area contributed by atoms with Crippen LogP contribution in [0.15, 0.2) is 53.0 Å². The van der Waals surface area contributed by atoms with Crippen LogP contribution < -0.4 is 5.32 Å². The molecule has 0 aromatic heterocycles. The zero-order valence-corrected chi connectivity index (χ0v) is 21.5. The zero-order valence-electron chi connectivity index (χ0n) is 19.1. The molecule has 168 valence electrons. The maximum absolute atomic E-state index is 13.3. The Bertz CT molecular complexity index is 878. The van der Waals surface area contributed by atoms with Gasteiger partial charge in [0.25, 0.3) is 0 Å². The quantitative estimate of drug-likeness (QED) is 0.475. The number of hydrogen-bond acceptors (Lipinski definition) is 3. The standard InChI is InChI=1S/C25H33BrN2O2S/c1-6-22(24(30)27-25(3,4)5)28(15-20-10-8-7-9-18(20)2)23(29)17-31-16-19-11-13-21(26)14-12-19/h7-14,22H,6,15-17H2,1-5H3,(H,27,30)/t22-/m1/s1. The summed E-state index contributed by atoms with van der Waals surface area (Å²) < 4.78 is 1.04. The van der Waals surface area contributed by atoms with Gasteiger partial charge >= 0.3 is 0 Å². The number of carbonyl (C=O) groups excluding carboxylic acids is 2. The Morgan fingerprint density at radius 1 is 1.10 bits per heavy atom. The van der Waals surface area contributed by atoms with E-state index < -0.39 is 6.04 Å². The maximum Gasteiger partial charge on any atom is 0.243 e. The Balaban J connectivity index is 2.16. The fourth-order valence-electron chi connectivity index (χ4n) is 3.26. The molecule has 31 heavy (non-hydrogen) atoms. The summed E-state index contributed by atoms with van der Waals surface area (Å²) >= 11 is 5.02. The second-order valence-corrected chi connectivity index (χ2v) is 10.6. The first-order chi connectivity index (χ1) is 14.6. The molecular formula is C25H33BrN2O2S. The molecule has 0 aliphatic rings. The molecule has 0 saturated heterocycles. The van der Waals surface area contributed by atoms with Crippen molar-refractivity contribution in [3.8, 4) is 0 Å². The normalized spacial score (nSPS) is 12.3. The number of halogens is 1. The highest BCUT2D eigenvalue weighted by Crippen LogP contribution is 2.20. The molecule has 2 rings (SSSR count). The minimum atomic E-state index is -0.500. The molecule has 0 fully saturated rings. The third-order valence-corrected chi connectivity index (χ3v) is 6.41. The number of nitrogens with zero attached hydrogens (tertiary/aromatic N) is 1. The van der Waals surface area contributed by atoms with Crippen molar-refractivity contribution in [3.05, 3.63) is 69.7 Å². The van der Waals surface area contributed by atoms with Crippen LogP contribution in [-0.4, -0.2) is 34.0 Å². The molecule has 1 N–H and O–H groups in total. The molecule has 2 amide bonds. The number of hydrogen-bond donors (Lipinski definition) is 1. The van der Waals surface area contributed by atoms with Crippen molar-refractivity contribution in [3.63, 3.8) is 0 Å². The highest BCUT2D eigenvalue weighted by molar-refractivity contribution is 9.10. The first-order valence-electron chi connectivity index (χ1n) is 10.6. The fraction of sp³-hybridized carbons (Fsp3) is 0.440. The summed E-state index contributed by atoms with van der Waals surface area (Å²) in [5, 5.41) is 3.05. The smallest absolute Gasteiger partial charge is 0.243 e. The van der Waals surface area contributed by atoms with E-state index in [-0.39, 0.29) is 17.4 Å². The van der Waals surface area contributed by atoms with Gasteiger partial charge in [-0.2, -0.15) is 0 Å². The van der Waals surface area contributed by atoms with Gasteiger partial charge in [0.05, 0.1) is 5.75 Å². The van der Waals surface area contributed by atoms with Gasteiger partial charge in [-0.25, -0.2) is 0 Å². The first-order valence-corrected chi connectivity index (χ1v) is 12.5. The summed E-state index contributed by atoms with van der Waals surface area (Å²) in [5.74, 6) is 0.972. The Morgan fingerprint density at radius 2 is 1.74 bits per heavy atom. The number of rotatable bonds is 9. The molecule has 0 heterocycles. The monoisotopic (exact) mass is 504 g/mol. The highest BCUT2D eigenvalue weighted by Gasteiger charge is 2.30. The lowest BCUT2D eigenvalue weighted by Crippen LogP contribution is -2.53. The Hall–Kier alpha value is -1.79. The van der Waals surface area contributed by atoms with Crippen molar-refractivity contribution in [1.82, 2.24) is 10.2 Å². The van der Waals surface area contributed by atoms with Crippen molar-refractivity contribution < 1.29 is 9.59 Å². The third-order valence-electron chi connectivity index (χ3n) is 4.89. The van der Waals surface area contributed by atoms with Crippen molar-refractivity contribution in [2.45, 2.75) is 64.9 Å². The summed E-state index contributed by atoms with van der Waals surface area (Å²) in [6.45, 7) is 10.3. The summed E-state index contributed by atoms with van der Waals surface area (Å²) in [6, 6.07) is 15.6. The van der Waals surface area contributed by atoms with Gasteiger partial charge in [0.15, 0.2) is 0 Å². The van der Waals surface area contributed by atoms with E-state index in [1.807, 2.05) is 71.0 Å². The lowest BCUT2D eigenvalue weighted by molar-refractivity contribution is -0.140. The van der Waals surface area contributed by atoms with E-state index in [0.717, 1.165) is 21.4 Å². The number of aryl methyl sites for hydroxylation is 1. The molecule has 6 heteroatoms. The number of amides is 2. The second kappa shape index (κ2) is 11.7. The van der Waals surface area contributed by atoms with E-state index in [2.05, 4.69) is 33.4 Å². The van der Waals surface area contributed by atoms with Gasteiger partial charge in [-0.15, -0.1) is 11.8 Å². The largest absolute Gasteiger partial charge is 0.350 e. The lowest BCUT2D eigenvalue weighted by Gasteiger charge is -2.33. The van der Waals surface area contributed by atoms with E-state index in [9.17, 15) is 9.59 Å². The second-order valence-electron chi connectivity index (χ2n) is 8.73. The van der Waals surface area contributed by atoms with E-state index >= 15 is 0 Å². The van der Waals surface area contributed by atoms with Crippen molar-refractivity contribution in [2.24, 2.45) is 0 Å². The van der Waals surface area contributed by atoms with Crippen LogP contribution in [0.2, 0.25) is 0 Å². The molecule has 0 aliphatic heterocycles. The summed E-state index contributed by atoms with van der Waals surface area (Å²) in [7, 11) is 0. The first kappa shape index (κ1) is 25.5. The molecule has 0 aliphatic carbocycles. The van der Waals surface area contributed by atoms with Gasteiger partial charge in [0.1, 0.15) is 6.04 Å². The minimum absolute atomic E-state index is 0.0127. The molecule has 2 aromatic rings. The Kier molecular flexibility index (Phi) is 9.63. The van der Waals surface area contributed by atoms with Crippen molar-refractivity contribution in [1.29, 1.82) is 0 Å². The van der Waals surface area contributed by atoms with E-state index in [1.165, 1.54) is 5.56 Å². The van der Waals surface area contributed by atoms with Crippen LogP contribution in [0.3, 0.4) is 0 Å². The van der Waals surface area contributed by atoms with E-state index in [0.29, 0.717) is 18.7 Å². The van der Waals surface area contributed by atoms with Crippen molar-refractivity contribution in [2.75, 3.05) is 5.75 Å². The molecular weight excluding hydrogens is 472 g/mol. The SMILES string of the molecule is CC[C@H](C(=O)NC(C)(C)C)N(Cc1ccccc1C)C(=O)CSCc1ccc(Br)cc1. The fourth-order valence-corrected chi connectivity index (χ4v) is 4.40. The minimum Gasteiger partial charge on any atom is -0.350 e. The number of benzene rings is 2. The van der Waals surface area contributed by atoms with Gasteiger partial charge in [-0.1, -0.05) is 59.3 Å². The van der Waals surface area contributed by atoms with Gasteiger partial charge < -0.3 is 10.2 Å². The summed E-state index contributed by atoms with van der Waals surface area (Å²) in [5.41, 5.74) is 3.01. The molecule has 0 spiro atoms. The topological polar surface area (TPSA) is 49.4 Å². The van der Waals surface area contributed by atoms with Crippen LogP contribution in [-0.2, 0) is 21.9 Å². The molecule has 0 bridgehead atoms. The van der Waals surface area contributed by atoms with Crippen molar-refractivity contribution >= 4 is 39.5 Å².